The first-order valence-electron chi connectivity index (χ1n) is 14.7. The summed E-state index contributed by atoms with van der Waals surface area (Å²) in [5.41, 5.74) is 2.30. The lowest BCUT2D eigenvalue weighted by Crippen LogP contribution is -2.53. The zero-order chi connectivity index (χ0) is 31.7. The fourth-order valence-electron chi connectivity index (χ4n) is 6.25. The largest absolute Gasteiger partial charge is 0.351 e. The van der Waals surface area contributed by atoms with Crippen LogP contribution in [0.2, 0.25) is 5.02 Å². The Bertz CT molecular complexity index is 1730. The van der Waals surface area contributed by atoms with Crippen LogP contribution in [0.25, 0.3) is 0 Å². The highest BCUT2D eigenvalue weighted by Gasteiger charge is 2.46. The number of alkyl halides is 2. The van der Waals surface area contributed by atoms with E-state index in [1.54, 1.807) is 42.6 Å². The molecule has 3 aromatic rings. The molecule has 1 aliphatic carbocycles. The van der Waals surface area contributed by atoms with E-state index in [1.165, 1.54) is 28.1 Å². The molecule has 12 heteroatoms. The van der Waals surface area contributed by atoms with E-state index in [4.69, 9.17) is 11.6 Å². The molecule has 1 saturated heterocycles. The van der Waals surface area contributed by atoms with Crippen molar-refractivity contribution in [2.75, 3.05) is 9.80 Å². The third-order valence-electron chi connectivity index (χ3n) is 8.52. The minimum atomic E-state index is -2.79. The van der Waals surface area contributed by atoms with Crippen LogP contribution in [0, 0.1) is 11.3 Å². The molecule has 3 amide bonds. The van der Waals surface area contributed by atoms with Crippen molar-refractivity contribution in [2.45, 2.75) is 69.0 Å². The van der Waals surface area contributed by atoms with Crippen LogP contribution in [-0.2, 0) is 20.8 Å². The number of carbonyl (C=O) groups excluding carboxylic acids is 3. The number of halogens is 3. The van der Waals surface area contributed by atoms with Crippen LogP contribution in [0.3, 0.4) is 0 Å². The van der Waals surface area contributed by atoms with Crippen molar-refractivity contribution in [3.63, 3.8) is 0 Å². The standard InChI is InChI=1S/C33H29ClF2N6O3/c34-24-6-2-1-5-23(24)30(31(44)40-22-10-14-33(35,36)15-11-22)42(25-7-3-4-21-13-17-39-29(21)25)32(45)26-8-9-28(43)41(26)27-18-20(19-37)12-16-38-27/h1-7,12,16-18,22,26,30H,8-11,13-15H2,(H,40,44)/t26-,30?/m0/s1. The first kappa shape index (κ1) is 30.3. The number of nitriles is 1. The molecule has 1 saturated carbocycles. The van der Waals surface area contributed by atoms with Gasteiger partial charge in [0.25, 0.3) is 5.91 Å². The number of fused-ring (bicyclic) bond motifs is 1. The summed E-state index contributed by atoms with van der Waals surface area (Å²) in [6.45, 7) is 0. The molecule has 3 heterocycles. The van der Waals surface area contributed by atoms with Crippen molar-refractivity contribution in [2.24, 2.45) is 4.99 Å². The first-order chi connectivity index (χ1) is 21.7. The molecule has 9 nitrogen and oxygen atoms in total. The summed E-state index contributed by atoms with van der Waals surface area (Å²) in [7, 11) is 0. The maximum absolute atomic E-state index is 14.9. The highest BCUT2D eigenvalue weighted by Crippen LogP contribution is 2.43. The minimum Gasteiger partial charge on any atom is -0.351 e. The van der Waals surface area contributed by atoms with Crippen LogP contribution in [0.5, 0.6) is 0 Å². The monoisotopic (exact) mass is 630 g/mol. The van der Waals surface area contributed by atoms with Crippen LogP contribution < -0.4 is 15.1 Å². The van der Waals surface area contributed by atoms with Crippen LogP contribution in [0.15, 0.2) is 65.8 Å². The third kappa shape index (κ3) is 6.02. The second-order valence-electron chi connectivity index (χ2n) is 11.4. The van der Waals surface area contributed by atoms with Crippen molar-refractivity contribution in [1.82, 2.24) is 10.3 Å². The van der Waals surface area contributed by atoms with Crippen molar-refractivity contribution >= 4 is 52.7 Å². The Balaban J connectivity index is 1.47. The summed E-state index contributed by atoms with van der Waals surface area (Å²) in [5.74, 6) is -4.16. The fourth-order valence-corrected chi connectivity index (χ4v) is 6.49. The van der Waals surface area contributed by atoms with E-state index in [1.807, 2.05) is 12.1 Å². The molecule has 1 unspecified atom stereocenters. The van der Waals surface area contributed by atoms with Gasteiger partial charge in [-0.3, -0.25) is 29.2 Å². The maximum Gasteiger partial charge on any atom is 0.251 e. The molecule has 0 radical (unpaired) electrons. The molecule has 1 N–H and O–H groups in total. The number of carbonyl (C=O) groups is 3. The summed E-state index contributed by atoms with van der Waals surface area (Å²) in [6.07, 6.45) is 3.28. The number of pyridine rings is 1. The van der Waals surface area contributed by atoms with E-state index in [9.17, 15) is 28.4 Å². The van der Waals surface area contributed by atoms with Gasteiger partial charge in [0, 0.05) is 54.7 Å². The molecule has 0 bridgehead atoms. The summed E-state index contributed by atoms with van der Waals surface area (Å²) < 4.78 is 27.9. The van der Waals surface area contributed by atoms with Gasteiger partial charge in [0.1, 0.15) is 17.9 Å². The number of aliphatic imine (C=N–C) groups is 1. The Labute approximate surface area is 263 Å². The highest BCUT2D eigenvalue weighted by molar-refractivity contribution is 6.32. The molecule has 230 valence electrons. The van der Waals surface area contributed by atoms with Crippen LogP contribution >= 0.6 is 11.6 Å². The normalized spacial score (nSPS) is 19.6. The topological polar surface area (TPSA) is 119 Å². The Morgan fingerprint density at radius 1 is 1.11 bits per heavy atom. The molecular weight excluding hydrogens is 602 g/mol. The number of aromatic nitrogens is 1. The van der Waals surface area contributed by atoms with Crippen LogP contribution in [-0.4, -0.2) is 46.9 Å². The highest BCUT2D eigenvalue weighted by atomic mass is 35.5. The zero-order valence-electron chi connectivity index (χ0n) is 24.1. The van der Waals surface area contributed by atoms with E-state index in [2.05, 4.69) is 15.3 Å². The van der Waals surface area contributed by atoms with Gasteiger partial charge in [-0.05, 0) is 49.1 Å². The van der Waals surface area contributed by atoms with Crippen molar-refractivity contribution in [1.29, 1.82) is 5.26 Å². The molecule has 2 fully saturated rings. The van der Waals surface area contributed by atoms with Gasteiger partial charge in [-0.1, -0.05) is 41.9 Å². The van der Waals surface area contributed by atoms with E-state index in [0.717, 1.165) is 5.56 Å². The lowest BCUT2D eigenvalue weighted by Gasteiger charge is -2.37. The number of nitrogens with zero attached hydrogens (tertiary/aromatic N) is 5. The molecule has 6 rings (SSSR count). The molecule has 0 spiro atoms. The van der Waals surface area contributed by atoms with Crippen LogP contribution in [0.4, 0.5) is 26.0 Å². The van der Waals surface area contributed by atoms with Gasteiger partial charge in [0.2, 0.25) is 17.7 Å². The summed E-state index contributed by atoms with van der Waals surface area (Å²) in [5, 5.41) is 12.6. The van der Waals surface area contributed by atoms with Gasteiger partial charge < -0.3 is 5.32 Å². The molecule has 3 aliphatic rings. The third-order valence-corrected chi connectivity index (χ3v) is 8.86. The molecule has 2 aromatic carbocycles. The Morgan fingerprint density at radius 2 is 1.89 bits per heavy atom. The summed E-state index contributed by atoms with van der Waals surface area (Å²) >= 11 is 6.69. The Kier molecular flexibility index (Phi) is 8.34. The first-order valence-corrected chi connectivity index (χ1v) is 15.1. The van der Waals surface area contributed by atoms with Gasteiger partial charge in [-0.2, -0.15) is 5.26 Å². The summed E-state index contributed by atoms with van der Waals surface area (Å²) in [6, 6.07) is 14.0. The second-order valence-corrected chi connectivity index (χ2v) is 11.8. The molecule has 2 atom stereocenters. The number of benzene rings is 2. The van der Waals surface area contributed by atoms with E-state index in [-0.39, 0.29) is 60.8 Å². The number of nitrogens with one attached hydrogen (secondary N) is 1. The average molecular weight is 631 g/mol. The number of rotatable bonds is 7. The fraction of sp³-hybridized carbons (Fsp3) is 0.333. The van der Waals surface area contributed by atoms with Gasteiger partial charge in [-0.25, -0.2) is 13.8 Å². The van der Waals surface area contributed by atoms with Gasteiger partial charge in [0.05, 0.1) is 23.0 Å². The van der Waals surface area contributed by atoms with Crippen LogP contribution in [0.1, 0.15) is 61.3 Å². The number of anilines is 2. The van der Waals surface area contributed by atoms with Gasteiger partial charge in [0.15, 0.2) is 0 Å². The van der Waals surface area contributed by atoms with Gasteiger partial charge in [-0.15, -0.1) is 0 Å². The van der Waals surface area contributed by atoms with Crippen molar-refractivity contribution in [3.05, 3.63) is 82.5 Å². The minimum absolute atomic E-state index is 0.0486. The van der Waals surface area contributed by atoms with E-state index in [0.29, 0.717) is 23.4 Å². The zero-order valence-corrected chi connectivity index (χ0v) is 24.9. The van der Waals surface area contributed by atoms with E-state index >= 15 is 0 Å². The smallest absolute Gasteiger partial charge is 0.251 e. The lowest BCUT2D eigenvalue weighted by molar-refractivity contribution is -0.128. The predicted octanol–water partition coefficient (Wildman–Crippen LogP) is 5.83. The average Bonchev–Trinajstić information content (AvgIpc) is 3.68. The lowest BCUT2D eigenvalue weighted by atomic mass is 9.91. The van der Waals surface area contributed by atoms with Crippen molar-refractivity contribution in [3.8, 4) is 6.07 Å². The predicted molar refractivity (Wildman–Crippen MR) is 165 cm³/mol. The number of para-hydroxylation sites is 1. The Morgan fingerprint density at radius 3 is 2.64 bits per heavy atom. The molecule has 2 aliphatic heterocycles. The molecule has 1 aromatic heterocycles. The Hall–Kier alpha value is -4.69. The summed E-state index contributed by atoms with van der Waals surface area (Å²) in [4.78, 5) is 53.9. The number of hydrogen-bond acceptors (Lipinski definition) is 6. The molecule has 45 heavy (non-hydrogen) atoms. The van der Waals surface area contributed by atoms with Gasteiger partial charge >= 0.3 is 0 Å². The molecular formula is C33H29ClF2N6O3. The maximum atomic E-state index is 14.9. The second kappa shape index (κ2) is 12.4. The van der Waals surface area contributed by atoms with Crippen molar-refractivity contribution < 1.29 is 23.2 Å². The SMILES string of the molecule is N#Cc1ccnc(N2C(=O)CC[C@H]2C(=O)N(c2cccc3c2N=CC3)C(C(=O)NC2CCC(F)(F)CC2)c2ccccc2Cl)c1. The quantitative estimate of drug-likeness (QED) is 0.352. The number of amides is 3. The van der Waals surface area contributed by atoms with E-state index < -0.39 is 35.9 Å². The number of hydrogen-bond donors (Lipinski definition) is 1.